The van der Waals surface area contributed by atoms with E-state index in [4.69, 9.17) is 4.74 Å². The number of hydrogen-bond donors (Lipinski definition) is 1. The molecule has 1 N–H and O–H groups in total. The first-order valence-corrected chi connectivity index (χ1v) is 10.9. The largest absolute Gasteiger partial charge is 0.497 e. The molecule has 0 saturated heterocycles. The first kappa shape index (κ1) is 24.1. The number of benzene rings is 2. The van der Waals surface area contributed by atoms with Crippen LogP contribution in [0.25, 0.3) is 11.3 Å². The highest BCUT2D eigenvalue weighted by atomic mass is 16.5. The van der Waals surface area contributed by atoms with E-state index < -0.39 is 5.91 Å². The van der Waals surface area contributed by atoms with E-state index in [1.165, 1.54) is 17.3 Å². The number of hydrogen-bond acceptors (Lipinski definition) is 5. The standard InChI is InChI=1S/C27H32N4O2/c1-26(2,3)20-12-18(13-21(14-20)27(4,5)6)15-29-31-25(32)24-17-28-16-23(30-24)19-8-10-22(33-7)11-9-19/h8-17H,1-7H3,(H,31,32). The Hall–Kier alpha value is -3.54. The molecule has 2 aromatic carbocycles. The van der Waals surface area contributed by atoms with Crippen molar-refractivity contribution in [3.63, 3.8) is 0 Å². The third kappa shape index (κ3) is 6.25. The molecule has 3 rings (SSSR count). The summed E-state index contributed by atoms with van der Waals surface area (Å²) in [7, 11) is 1.61. The number of ether oxygens (including phenoxy) is 1. The quantitative estimate of drug-likeness (QED) is 0.416. The van der Waals surface area contributed by atoms with Gasteiger partial charge in [-0.05, 0) is 63.9 Å². The van der Waals surface area contributed by atoms with Gasteiger partial charge in [-0.1, -0.05) is 47.6 Å². The molecule has 1 amide bonds. The van der Waals surface area contributed by atoms with E-state index in [2.05, 4.69) is 80.2 Å². The maximum Gasteiger partial charge on any atom is 0.291 e. The fraction of sp³-hybridized carbons (Fsp3) is 0.333. The van der Waals surface area contributed by atoms with Crippen molar-refractivity contribution in [2.45, 2.75) is 52.4 Å². The highest BCUT2D eigenvalue weighted by Gasteiger charge is 2.20. The van der Waals surface area contributed by atoms with E-state index >= 15 is 0 Å². The molecule has 33 heavy (non-hydrogen) atoms. The van der Waals surface area contributed by atoms with Crippen LogP contribution in [-0.4, -0.2) is 29.2 Å². The SMILES string of the molecule is COc1ccc(-c2cncc(C(=O)NN=Cc3cc(C(C)(C)C)cc(C(C)(C)C)c3)n2)cc1. The molecule has 0 aliphatic heterocycles. The fourth-order valence-corrected chi connectivity index (χ4v) is 3.19. The topological polar surface area (TPSA) is 76.5 Å². The molecule has 0 spiro atoms. The third-order valence-corrected chi connectivity index (χ3v) is 5.32. The monoisotopic (exact) mass is 444 g/mol. The molecule has 0 unspecified atom stereocenters. The van der Waals surface area contributed by atoms with E-state index in [9.17, 15) is 4.79 Å². The first-order valence-electron chi connectivity index (χ1n) is 10.9. The summed E-state index contributed by atoms with van der Waals surface area (Å²) in [5.74, 6) is 0.331. The van der Waals surface area contributed by atoms with E-state index in [-0.39, 0.29) is 16.5 Å². The average Bonchev–Trinajstić information content (AvgIpc) is 2.78. The molecule has 0 aliphatic carbocycles. The van der Waals surface area contributed by atoms with Crippen LogP contribution in [0.5, 0.6) is 5.75 Å². The van der Waals surface area contributed by atoms with Gasteiger partial charge in [-0.2, -0.15) is 5.10 Å². The van der Waals surface area contributed by atoms with E-state index in [0.29, 0.717) is 5.69 Å². The van der Waals surface area contributed by atoms with Crippen LogP contribution in [0, 0.1) is 0 Å². The first-order chi connectivity index (χ1) is 15.5. The minimum atomic E-state index is -0.419. The van der Waals surface area contributed by atoms with Crippen LogP contribution in [0.2, 0.25) is 0 Å². The van der Waals surface area contributed by atoms with Crippen molar-refractivity contribution in [2.24, 2.45) is 5.10 Å². The van der Waals surface area contributed by atoms with Crippen LogP contribution < -0.4 is 10.2 Å². The van der Waals surface area contributed by atoms with Crippen molar-refractivity contribution < 1.29 is 9.53 Å². The number of hydrazone groups is 1. The van der Waals surface area contributed by atoms with Gasteiger partial charge in [0, 0.05) is 5.56 Å². The zero-order valence-corrected chi connectivity index (χ0v) is 20.4. The van der Waals surface area contributed by atoms with E-state index in [0.717, 1.165) is 16.9 Å². The van der Waals surface area contributed by atoms with Gasteiger partial charge in [0.2, 0.25) is 0 Å². The highest BCUT2D eigenvalue weighted by molar-refractivity contribution is 5.93. The Morgan fingerprint density at radius 1 is 0.939 bits per heavy atom. The summed E-state index contributed by atoms with van der Waals surface area (Å²) in [6.07, 6.45) is 4.72. The summed E-state index contributed by atoms with van der Waals surface area (Å²) in [5.41, 5.74) is 7.60. The van der Waals surface area contributed by atoms with Gasteiger partial charge in [0.05, 0.1) is 31.4 Å². The summed E-state index contributed by atoms with van der Waals surface area (Å²) in [6.45, 7) is 13.1. The minimum absolute atomic E-state index is 0.00455. The molecular formula is C27H32N4O2. The fourth-order valence-electron chi connectivity index (χ4n) is 3.19. The molecule has 0 saturated carbocycles. The minimum Gasteiger partial charge on any atom is -0.497 e. The second-order valence-electron chi connectivity index (χ2n) is 10.1. The molecule has 6 nitrogen and oxygen atoms in total. The van der Waals surface area contributed by atoms with Gasteiger partial charge < -0.3 is 4.74 Å². The number of carbonyl (C=O) groups is 1. The lowest BCUT2D eigenvalue weighted by Gasteiger charge is -2.25. The number of nitrogens with zero attached hydrogens (tertiary/aromatic N) is 3. The summed E-state index contributed by atoms with van der Waals surface area (Å²) < 4.78 is 5.18. The maximum absolute atomic E-state index is 12.6. The lowest BCUT2D eigenvalue weighted by Crippen LogP contribution is -2.20. The van der Waals surface area contributed by atoms with Crippen molar-refractivity contribution in [1.82, 2.24) is 15.4 Å². The van der Waals surface area contributed by atoms with Gasteiger partial charge in [-0.15, -0.1) is 0 Å². The smallest absolute Gasteiger partial charge is 0.291 e. The van der Waals surface area contributed by atoms with Gasteiger partial charge in [0.25, 0.3) is 5.91 Å². The lowest BCUT2D eigenvalue weighted by molar-refractivity contribution is 0.0950. The van der Waals surface area contributed by atoms with Crippen molar-refractivity contribution in [3.8, 4) is 17.0 Å². The number of nitrogens with one attached hydrogen (secondary N) is 1. The normalized spacial score (nSPS) is 12.1. The number of methoxy groups -OCH3 is 1. The second kappa shape index (κ2) is 9.53. The highest BCUT2D eigenvalue weighted by Crippen LogP contribution is 2.30. The van der Waals surface area contributed by atoms with E-state index in [1.54, 1.807) is 19.5 Å². The summed E-state index contributed by atoms with van der Waals surface area (Å²) in [5, 5.41) is 4.18. The van der Waals surface area contributed by atoms with Crippen LogP contribution >= 0.6 is 0 Å². The molecule has 0 fully saturated rings. The van der Waals surface area contributed by atoms with Crippen LogP contribution in [0.4, 0.5) is 0 Å². The Bertz CT molecular complexity index is 1120. The van der Waals surface area contributed by atoms with Crippen molar-refractivity contribution in [3.05, 3.63) is 77.2 Å². The van der Waals surface area contributed by atoms with Gasteiger partial charge in [-0.3, -0.25) is 9.78 Å². The summed E-state index contributed by atoms with van der Waals surface area (Å²) >= 11 is 0. The van der Waals surface area contributed by atoms with Crippen molar-refractivity contribution >= 4 is 12.1 Å². The average molecular weight is 445 g/mol. The zero-order valence-electron chi connectivity index (χ0n) is 20.4. The molecule has 0 radical (unpaired) electrons. The van der Waals surface area contributed by atoms with Crippen LogP contribution in [0.3, 0.4) is 0 Å². The molecule has 0 bridgehead atoms. The number of rotatable bonds is 5. The maximum atomic E-state index is 12.6. The Morgan fingerprint density at radius 3 is 2.09 bits per heavy atom. The number of carbonyl (C=O) groups excluding carboxylic acids is 1. The summed E-state index contributed by atoms with van der Waals surface area (Å²) in [4.78, 5) is 21.2. The van der Waals surface area contributed by atoms with Crippen LogP contribution in [0.15, 0.2) is 60.0 Å². The predicted octanol–water partition coefficient (Wildman–Crippen LogP) is 5.51. The van der Waals surface area contributed by atoms with Gasteiger partial charge in [0.1, 0.15) is 11.4 Å². The van der Waals surface area contributed by atoms with Crippen LogP contribution in [-0.2, 0) is 10.8 Å². The lowest BCUT2D eigenvalue weighted by atomic mass is 9.80. The molecule has 172 valence electrons. The molecule has 0 aliphatic rings. The molecule has 1 heterocycles. The molecule has 1 aromatic heterocycles. The molecular weight excluding hydrogens is 412 g/mol. The van der Waals surface area contributed by atoms with E-state index in [1.807, 2.05) is 24.3 Å². The summed E-state index contributed by atoms with van der Waals surface area (Å²) in [6, 6.07) is 13.9. The molecule has 0 atom stereocenters. The third-order valence-electron chi connectivity index (χ3n) is 5.32. The van der Waals surface area contributed by atoms with Gasteiger partial charge in [-0.25, -0.2) is 10.4 Å². The Balaban J connectivity index is 1.79. The van der Waals surface area contributed by atoms with Gasteiger partial charge in [0.15, 0.2) is 0 Å². The molecule has 6 heteroatoms. The second-order valence-corrected chi connectivity index (χ2v) is 10.1. The Morgan fingerprint density at radius 2 is 1.55 bits per heavy atom. The Kier molecular flexibility index (Phi) is 6.96. The number of aromatic nitrogens is 2. The Labute approximate surface area is 196 Å². The van der Waals surface area contributed by atoms with Gasteiger partial charge >= 0.3 is 0 Å². The van der Waals surface area contributed by atoms with Crippen molar-refractivity contribution in [2.75, 3.05) is 7.11 Å². The number of amides is 1. The van der Waals surface area contributed by atoms with Crippen molar-refractivity contribution in [1.29, 1.82) is 0 Å². The zero-order chi connectivity index (χ0) is 24.2. The van der Waals surface area contributed by atoms with Crippen LogP contribution in [0.1, 0.15) is 68.7 Å². The molecule has 3 aromatic rings. The predicted molar refractivity (Wildman–Crippen MR) is 133 cm³/mol.